The van der Waals surface area contributed by atoms with Gasteiger partial charge in [-0.15, -0.1) is 0 Å². The fourth-order valence-corrected chi connectivity index (χ4v) is 3.03. The molecule has 0 saturated carbocycles. The molecular weight excluding hydrogens is 244 g/mol. The summed E-state index contributed by atoms with van der Waals surface area (Å²) in [7, 11) is 0. The molecule has 2 heterocycles. The largest absolute Gasteiger partial charge is 0.328 e. The van der Waals surface area contributed by atoms with E-state index >= 15 is 0 Å². The summed E-state index contributed by atoms with van der Waals surface area (Å²) < 4.78 is 5.11. The molecule has 0 aliphatic heterocycles. The second kappa shape index (κ2) is 4.88. The van der Waals surface area contributed by atoms with Crippen LogP contribution in [-0.2, 0) is 6.54 Å². The first kappa shape index (κ1) is 13.3. The van der Waals surface area contributed by atoms with Gasteiger partial charge in [-0.1, -0.05) is 20.8 Å². The minimum absolute atomic E-state index is 0.424. The Labute approximate surface area is 113 Å². The number of H-pyrrole nitrogens is 1. The van der Waals surface area contributed by atoms with Gasteiger partial charge >= 0.3 is 0 Å². The summed E-state index contributed by atoms with van der Waals surface area (Å²) in [5, 5.41) is 4.56. The number of nitrogens with zero attached hydrogens (tertiary/aromatic N) is 3. The van der Waals surface area contributed by atoms with E-state index in [2.05, 4.69) is 42.3 Å². The molecule has 0 aliphatic carbocycles. The highest BCUT2D eigenvalue weighted by atomic mass is 32.1. The Kier molecular flexibility index (Phi) is 3.61. The number of rotatable bonds is 4. The van der Waals surface area contributed by atoms with Crippen LogP contribution in [0, 0.1) is 17.6 Å². The summed E-state index contributed by atoms with van der Waals surface area (Å²) in [6.07, 6.45) is 1.08. The Morgan fingerprint density at radius 2 is 2.00 bits per heavy atom. The summed E-state index contributed by atoms with van der Waals surface area (Å²) >= 11 is 5.50. The zero-order chi connectivity index (χ0) is 13.4. The third-order valence-corrected chi connectivity index (χ3v) is 3.90. The van der Waals surface area contributed by atoms with Crippen LogP contribution < -0.4 is 0 Å². The van der Waals surface area contributed by atoms with Crippen LogP contribution in [0.4, 0.5) is 0 Å². The predicted octanol–water partition coefficient (Wildman–Crippen LogP) is 3.83. The van der Waals surface area contributed by atoms with Crippen molar-refractivity contribution in [2.45, 2.75) is 53.6 Å². The Balaban J connectivity index is 2.76. The highest BCUT2D eigenvalue weighted by molar-refractivity contribution is 7.71. The van der Waals surface area contributed by atoms with Crippen molar-refractivity contribution < 1.29 is 0 Å². The van der Waals surface area contributed by atoms with Crippen LogP contribution in [0.1, 0.15) is 45.9 Å². The summed E-state index contributed by atoms with van der Waals surface area (Å²) in [6.45, 7) is 11.7. The quantitative estimate of drug-likeness (QED) is 0.854. The van der Waals surface area contributed by atoms with Gasteiger partial charge < -0.3 is 4.98 Å². The molecule has 0 saturated heterocycles. The van der Waals surface area contributed by atoms with Crippen LogP contribution in [0.2, 0.25) is 0 Å². The van der Waals surface area contributed by atoms with E-state index in [1.807, 2.05) is 11.6 Å². The van der Waals surface area contributed by atoms with Gasteiger partial charge in [0.2, 0.25) is 0 Å². The smallest absolute Gasteiger partial charge is 0.179 e. The molecule has 1 atom stereocenters. The van der Waals surface area contributed by atoms with Gasteiger partial charge in [0.05, 0.1) is 5.69 Å². The van der Waals surface area contributed by atoms with Gasteiger partial charge in [-0.3, -0.25) is 4.57 Å². The molecule has 1 N–H and O–H groups in total. The van der Waals surface area contributed by atoms with Crippen molar-refractivity contribution in [3.8, 4) is 0 Å². The average molecular weight is 266 g/mol. The maximum absolute atomic E-state index is 5.50. The van der Waals surface area contributed by atoms with Gasteiger partial charge in [-0.05, 0) is 38.4 Å². The molecule has 2 aromatic rings. The van der Waals surface area contributed by atoms with E-state index in [1.54, 1.807) is 0 Å². The SMILES string of the molecule is CCC(C(C)C)n1c(=S)[nH]c2c(C)nn(CC)c21. The highest BCUT2D eigenvalue weighted by Gasteiger charge is 2.21. The molecule has 2 aromatic heterocycles. The summed E-state index contributed by atoms with van der Waals surface area (Å²) in [5.74, 6) is 0.557. The second-order valence-corrected chi connectivity index (χ2v) is 5.51. The molecule has 5 heteroatoms. The lowest BCUT2D eigenvalue weighted by Gasteiger charge is -2.21. The monoisotopic (exact) mass is 266 g/mol. The molecule has 18 heavy (non-hydrogen) atoms. The van der Waals surface area contributed by atoms with Gasteiger partial charge in [0.1, 0.15) is 5.52 Å². The standard InChI is InChI=1S/C13H22N4S/c1-6-10(8(3)4)17-12-11(14-13(17)18)9(5)15-16(12)7-2/h8,10H,6-7H2,1-5H3,(H,14,18). The van der Waals surface area contributed by atoms with E-state index < -0.39 is 0 Å². The molecule has 2 rings (SSSR count). The number of fused-ring (bicyclic) bond motifs is 1. The first-order chi connectivity index (χ1) is 8.51. The van der Waals surface area contributed by atoms with E-state index in [0.29, 0.717) is 12.0 Å². The van der Waals surface area contributed by atoms with Crippen LogP contribution in [0.15, 0.2) is 0 Å². The van der Waals surface area contributed by atoms with Crippen LogP contribution in [-0.4, -0.2) is 19.3 Å². The van der Waals surface area contributed by atoms with Gasteiger partial charge in [-0.25, -0.2) is 4.68 Å². The van der Waals surface area contributed by atoms with E-state index in [1.165, 1.54) is 0 Å². The number of aromatic amines is 1. The molecule has 0 aliphatic rings. The maximum atomic E-state index is 5.50. The lowest BCUT2D eigenvalue weighted by atomic mass is 10.0. The normalized spacial score (nSPS) is 13.7. The van der Waals surface area contributed by atoms with Crippen molar-refractivity contribution >= 4 is 23.4 Å². The summed E-state index contributed by atoms with van der Waals surface area (Å²) in [5.41, 5.74) is 3.25. The molecule has 0 bridgehead atoms. The zero-order valence-corrected chi connectivity index (χ0v) is 12.6. The fraction of sp³-hybridized carbons (Fsp3) is 0.692. The average Bonchev–Trinajstić information content (AvgIpc) is 2.79. The first-order valence-corrected chi connectivity index (χ1v) is 7.09. The Bertz CT molecular complexity index is 602. The Morgan fingerprint density at radius 1 is 1.33 bits per heavy atom. The zero-order valence-electron chi connectivity index (χ0n) is 11.8. The van der Waals surface area contributed by atoms with E-state index in [-0.39, 0.29) is 0 Å². The minimum Gasteiger partial charge on any atom is -0.328 e. The predicted molar refractivity (Wildman–Crippen MR) is 77.5 cm³/mol. The van der Waals surface area contributed by atoms with Crippen LogP contribution >= 0.6 is 12.2 Å². The molecule has 4 nitrogen and oxygen atoms in total. The molecule has 0 radical (unpaired) electrons. The van der Waals surface area contributed by atoms with Crippen LogP contribution in [0.25, 0.3) is 11.2 Å². The molecule has 1 unspecified atom stereocenters. The lowest BCUT2D eigenvalue weighted by molar-refractivity contribution is 0.365. The molecular formula is C13H22N4S. The van der Waals surface area contributed by atoms with Gasteiger partial charge in [0.15, 0.2) is 10.4 Å². The number of imidazole rings is 1. The topological polar surface area (TPSA) is 38.5 Å². The van der Waals surface area contributed by atoms with Crippen molar-refractivity contribution in [1.82, 2.24) is 19.3 Å². The van der Waals surface area contributed by atoms with Crippen molar-refractivity contribution in [2.75, 3.05) is 0 Å². The van der Waals surface area contributed by atoms with Gasteiger partial charge in [0, 0.05) is 12.6 Å². The van der Waals surface area contributed by atoms with Crippen molar-refractivity contribution in [2.24, 2.45) is 5.92 Å². The van der Waals surface area contributed by atoms with Crippen LogP contribution in [0.5, 0.6) is 0 Å². The van der Waals surface area contributed by atoms with E-state index in [0.717, 1.165) is 34.6 Å². The van der Waals surface area contributed by atoms with Crippen molar-refractivity contribution in [3.05, 3.63) is 10.5 Å². The fourth-order valence-electron chi connectivity index (χ4n) is 2.70. The number of aryl methyl sites for hydroxylation is 2. The minimum atomic E-state index is 0.424. The van der Waals surface area contributed by atoms with E-state index in [9.17, 15) is 0 Å². The second-order valence-electron chi connectivity index (χ2n) is 5.12. The summed E-state index contributed by atoms with van der Waals surface area (Å²) in [4.78, 5) is 3.31. The third kappa shape index (κ3) is 1.90. The number of aromatic nitrogens is 4. The molecule has 0 spiro atoms. The van der Waals surface area contributed by atoms with Crippen molar-refractivity contribution in [3.63, 3.8) is 0 Å². The number of hydrogen-bond acceptors (Lipinski definition) is 2. The third-order valence-electron chi connectivity index (χ3n) is 3.60. The summed E-state index contributed by atoms with van der Waals surface area (Å²) in [6, 6.07) is 0.424. The van der Waals surface area contributed by atoms with Crippen molar-refractivity contribution in [1.29, 1.82) is 0 Å². The van der Waals surface area contributed by atoms with Gasteiger partial charge in [-0.2, -0.15) is 5.10 Å². The molecule has 0 aromatic carbocycles. The highest BCUT2D eigenvalue weighted by Crippen LogP contribution is 2.28. The van der Waals surface area contributed by atoms with Gasteiger partial charge in [0.25, 0.3) is 0 Å². The molecule has 0 fully saturated rings. The molecule has 0 amide bonds. The maximum Gasteiger partial charge on any atom is 0.179 e. The first-order valence-electron chi connectivity index (χ1n) is 6.68. The Hall–Kier alpha value is -1.10. The number of nitrogens with one attached hydrogen (secondary N) is 1. The molecule has 100 valence electrons. The van der Waals surface area contributed by atoms with E-state index in [4.69, 9.17) is 12.2 Å². The Morgan fingerprint density at radius 3 is 2.50 bits per heavy atom. The lowest BCUT2D eigenvalue weighted by Crippen LogP contribution is -2.16. The van der Waals surface area contributed by atoms with Crippen LogP contribution in [0.3, 0.4) is 0 Å². The number of hydrogen-bond donors (Lipinski definition) is 1.